The zero-order valence-electron chi connectivity index (χ0n) is 24.6. The second-order valence-electron chi connectivity index (χ2n) is 11.8. The molecule has 2 aromatic carbocycles. The highest BCUT2D eigenvalue weighted by Crippen LogP contribution is 2.52. The summed E-state index contributed by atoms with van der Waals surface area (Å²) in [5.41, 5.74) is 0.809. The van der Waals surface area contributed by atoms with Crippen molar-refractivity contribution < 1.29 is 18.0 Å². The summed E-state index contributed by atoms with van der Waals surface area (Å²) in [5, 5.41) is 3.72. The van der Waals surface area contributed by atoms with Crippen LogP contribution in [0.3, 0.4) is 0 Å². The molecule has 1 aliphatic carbocycles. The molecule has 7 nitrogen and oxygen atoms in total. The Morgan fingerprint density at radius 2 is 1.86 bits per heavy atom. The molecule has 1 saturated heterocycles. The minimum atomic E-state index is -3.46. The van der Waals surface area contributed by atoms with Gasteiger partial charge in [0.05, 0.1) is 16.7 Å². The number of piperidine rings is 1. The molecule has 1 saturated carbocycles. The first kappa shape index (κ1) is 32.5. The first-order valence-corrected chi connectivity index (χ1v) is 16.8. The number of sulfonamides is 1. The number of hydrogen-bond acceptors (Lipinski definition) is 4. The molecule has 228 valence electrons. The Kier molecular flexibility index (Phi) is 10.5. The van der Waals surface area contributed by atoms with E-state index >= 15 is 0 Å². The number of amides is 2. The van der Waals surface area contributed by atoms with Gasteiger partial charge in [-0.3, -0.25) is 9.59 Å². The molecule has 0 radical (unpaired) electrons. The lowest BCUT2D eigenvalue weighted by atomic mass is 9.67. The van der Waals surface area contributed by atoms with Crippen molar-refractivity contribution in [2.75, 3.05) is 20.1 Å². The molecule has 4 atom stereocenters. The van der Waals surface area contributed by atoms with E-state index in [9.17, 15) is 18.0 Å². The molecule has 4 rings (SSSR count). The van der Waals surface area contributed by atoms with Gasteiger partial charge in [-0.1, -0.05) is 67.4 Å². The van der Waals surface area contributed by atoms with E-state index in [1.54, 1.807) is 25.3 Å². The molecule has 2 aromatic rings. The van der Waals surface area contributed by atoms with E-state index in [1.807, 2.05) is 55.1 Å². The smallest absolute Gasteiger partial charge is 0.229 e. The molecule has 2 fully saturated rings. The maximum absolute atomic E-state index is 14.7. The van der Waals surface area contributed by atoms with Crippen LogP contribution in [0, 0.1) is 5.41 Å². The van der Waals surface area contributed by atoms with Gasteiger partial charge < -0.3 is 10.2 Å². The van der Waals surface area contributed by atoms with Crippen LogP contribution in [0.25, 0.3) is 0 Å². The molecular formula is C32H41Cl2N3O4S. The molecule has 0 bridgehead atoms. The van der Waals surface area contributed by atoms with Gasteiger partial charge in [0.15, 0.2) is 0 Å². The number of carbonyl (C=O) groups excluding carboxylic acids is 2. The van der Waals surface area contributed by atoms with Crippen LogP contribution in [0.5, 0.6) is 0 Å². The molecule has 0 aromatic heterocycles. The largest absolute Gasteiger partial charge is 0.356 e. The Balaban J connectivity index is 1.82. The summed E-state index contributed by atoms with van der Waals surface area (Å²) in [6, 6.07) is 14.2. The second-order valence-corrected chi connectivity index (χ2v) is 15.0. The van der Waals surface area contributed by atoms with E-state index in [4.69, 9.17) is 23.2 Å². The maximum atomic E-state index is 14.7. The van der Waals surface area contributed by atoms with Crippen molar-refractivity contribution in [3.8, 4) is 0 Å². The average Bonchev–Trinajstić information content (AvgIpc) is 3.80. The molecule has 42 heavy (non-hydrogen) atoms. The van der Waals surface area contributed by atoms with Crippen molar-refractivity contribution in [1.82, 2.24) is 14.5 Å². The van der Waals surface area contributed by atoms with Gasteiger partial charge in [-0.05, 0) is 67.5 Å². The standard InChI is InChI=1S/C32H41Cl2N3O4S/c1-5-7-17-35-29(38)20-32(3)19-28(23-9-8-10-25(34)18-23)30(22-11-13-24(33)14-12-22)37(31(32)39)26(6-2)21-36(4)42(40,41)27-15-16-27/h5,8-14,18,26-28,30H,1,6-7,15-17,19-21H2,2-4H3,(H,35,38)/t26?,28-,30-,32-/m1/s1. The summed E-state index contributed by atoms with van der Waals surface area (Å²) in [7, 11) is -1.86. The van der Waals surface area contributed by atoms with E-state index in [0.29, 0.717) is 48.7 Å². The lowest BCUT2D eigenvalue weighted by Crippen LogP contribution is -2.58. The molecule has 2 aliphatic rings. The fourth-order valence-electron chi connectivity index (χ4n) is 6.11. The number of halogens is 2. The van der Waals surface area contributed by atoms with Crippen LogP contribution < -0.4 is 5.32 Å². The van der Waals surface area contributed by atoms with Crippen molar-refractivity contribution >= 4 is 45.0 Å². The van der Waals surface area contributed by atoms with E-state index < -0.39 is 27.5 Å². The molecule has 1 aliphatic heterocycles. The third-order valence-corrected chi connectivity index (χ3v) is 11.3. The van der Waals surface area contributed by atoms with Gasteiger partial charge in [0.2, 0.25) is 21.8 Å². The molecule has 1 N–H and O–H groups in total. The SMILES string of the molecule is C=CCCNC(=O)C[C@@]1(C)C[C@H](c2cccc(Cl)c2)[C@@H](c2ccc(Cl)cc2)N(C(CC)CN(C)S(=O)(=O)C2CC2)C1=O. The number of carbonyl (C=O) groups is 2. The van der Waals surface area contributed by atoms with E-state index in [1.165, 1.54) is 4.31 Å². The first-order valence-electron chi connectivity index (χ1n) is 14.6. The summed E-state index contributed by atoms with van der Waals surface area (Å²) in [6.07, 6.45) is 4.65. The van der Waals surface area contributed by atoms with Crippen LogP contribution in [0.2, 0.25) is 10.0 Å². The monoisotopic (exact) mass is 633 g/mol. The van der Waals surface area contributed by atoms with Crippen LogP contribution >= 0.6 is 23.2 Å². The number of likely N-dealkylation sites (tertiary alicyclic amines) is 1. The zero-order valence-corrected chi connectivity index (χ0v) is 26.9. The molecule has 1 unspecified atom stereocenters. The number of benzene rings is 2. The van der Waals surface area contributed by atoms with Crippen molar-refractivity contribution in [3.05, 3.63) is 82.4 Å². The third kappa shape index (κ3) is 7.21. The zero-order chi connectivity index (χ0) is 30.7. The normalized spacial score (nSPS) is 23.6. The second kappa shape index (κ2) is 13.5. The molecule has 0 spiro atoms. The number of nitrogens with zero attached hydrogens (tertiary/aromatic N) is 2. The first-order chi connectivity index (χ1) is 19.9. The van der Waals surface area contributed by atoms with E-state index in [-0.39, 0.29) is 35.9 Å². The summed E-state index contributed by atoms with van der Waals surface area (Å²) in [5.74, 6) is -0.583. The van der Waals surface area contributed by atoms with Gasteiger partial charge in [-0.15, -0.1) is 6.58 Å². The van der Waals surface area contributed by atoms with Gasteiger partial charge in [-0.2, -0.15) is 0 Å². The Labute approximate surface area is 260 Å². The highest BCUT2D eigenvalue weighted by molar-refractivity contribution is 7.90. The quantitative estimate of drug-likeness (QED) is 0.206. The molecule has 1 heterocycles. The van der Waals surface area contributed by atoms with Crippen LogP contribution in [-0.2, 0) is 19.6 Å². The minimum Gasteiger partial charge on any atom is -0.356 e. The van der Waals surface area contributed by atoms with Gasteiger partial charge >= 0.3 is 0 Å². The summed E-state index contributed by atoms with van der Waals surface area (Å²) >= 11 is 12.7. The lowest BCUT2D eigenvalue weighted by molar-refractivity contribution is -0.157. The van der Waals surface area contributed by atoms with Crippen molar-refractivity contribution in [1.29, 1.82) is 0 Å². The fourth-order valence-corrected chi connectivity index (χ4v) is 8.06. The number of rotatable bonds is 13. The van der Waals surface area contributed by atoms with Crippen molar-refractivity contribution in [3.63, 3.8) is 0 Å². The minimum absolute atomic E-state index is 0.0104. The van der Waals surface area contributed by atoms with Crippen LogP contribution in [0.1, 0.15) is 75.5 Å². The Hall–Kier alpha value is -2.39. The molecule has 2 amide bonds. The number of nitrogens with one attached hydrogen (secondary N) is 1. The third-order valence-electron chi connectivity index (χ3n) is 8.52. The van der Waals surface area contributed by atoms with Crippen LogP contribution in [0.4, 0.5) is 0 Å². The van der Waals surface area contributed by atoms with Gasteiger partial charge in [0.1, 0.15) is 0 Å². The highest BCUT2D eigenvalue weighted by atomic mass is 35.5. The van der Waals surface area contributed by atoms with E-state index in [2.05, 4.69) is 11.9 Å². The van der Waals surface area contributed by atoms with Gasteiger partial charge in [0, 0.05) is 48.6 Å². The fraction of sp³-hybridized carbons (Fsp3) is 0.500. The topological polar surface area (TPSA) is 86.8 Å². The summed E-state index contributed by atoms with van der Waals surface area (Å²) < 4.78 is 27.7. The number of likely N-dealkylation sites (N-methyl/N-ethyl adjacent to an activating group) is 1. The van der Waals surface area contributed by atoms with Crippen molar-refractivity contribution in [2.24, 2.45) is 5.41 Å². The van der Waals surface area contributed by atoms with Crippen molar-refractivity contribution in [2.45, 2.75) is 75.6 Å². The predicted molar refractivity (Wildman–Crippen MR) is 169 cm³/mol. The predicted octanol–water partition coefficient (Wildman–Crippen LogP) is 6.34. The van der Waals surface area contributed by atoms with Crippen LogP contribution in [-0.4, -0.2) is 60.9 Å². The van der Waals surface area contributed by atoms with Crippen LogP contribution in [0.15, 0.2) is 61.2 Å². The lowest BCUT2D eigenvalue weighted by Gasteiger charge is -2.52. The maximum Gasteiger partial charge on any atom is 0.229 e. The Morgan fingerprint density at radius 3 is 2.45 bits per heavy atom. The highest BCUT2D eigenvalue weighted by Gasteiger charge is 2.52. The Morgan fingerprint density at radius 1 is 1.17 bits per heavy atom. The Bertz CT molecular complexity index is 1400. The van der Waals surface area contributed by atoms with E-state index in [0.717, 1.165) is 11.1 Å². The molecular weight excluding hydrogens is 593 g/mol. The van der Waals surface area contributed by atoms with Gasteiger partial charge in [0.25, 0.3) is 0 Å². The number of hydrogen-bond donors (Lipinski definition) is 1. The summed E-state index contributed by atoms with van der Waals surface area (Å²) in [6.45, 7) is 8.14. The summed E-state index contributed by atoms with van der Waals surface area (Å²) in [4.78, 5) is 29.7. The average molecular weight is 635 g/mol. The van der Waals surface area contributed by atoms with Gasteiger partial charge in [-0.25, -0.2) is 12.7 Å². The molecule has 10 heteroatoms.